The molecular weight excluding hydrogens is 213 g/mol. The highest BCUT2D eigenvalue weighted by Crippen LogP contribution is 2.26. The second-order valence-corrected chi connectivity index (χ2v) is 3.04. The maximum absolute atomic E-state index is 12.8. The average Bonchev–Trinajstić information content (AvgIpc) is 2.67. The average molecular weight is 223 g/mol. The molecule has 2 aromatic rings. The molecule has 2 N–H and O–H groups in total. The summed E-state index contributed by atoms with van der Waals surface area (Å²) in [7, 11) is 0. The zero-order chi connectivity index (χ0) is 11.5. The van der Waals surface area contributed by atoms with Crippen molar-refractivity contribution in [2.75, 3.05) is 12.3 Å². The number of hydrogen-bond donors (Lipinski definition) is 1. The van der Waals surface area contributed by atoms with Crippen molar-refractivity contribution in [2.24, 2.45) is 0 Å². The Kier molecular flexibility index (Phi) is 2.72. The SMILES string of the molecule is CCOc1nnc(-c2ccc(F)cc2N)o1. The van der Waals surface area contributed by atoms with Gasteiger partial charge in [0.2, 0.25) is 0 Å². The lowest BCUT2D eigenvalue weighted by molar-refractivity contribution is 0.247. The lowest BCUT2D eigenvalue weighted by Crippen LogP contribution is -1.91. The molecule has 1 heterocycles. The molecule has 0 fully saturated rings. The molecule has 0 aliphatic rings. The van der Waals surface area contributed by atoms with E-state index in [-0.39, 0.29) is 17.7 Å². The van der Waals surface area contributed by atoms with E-state index in [9.17, 15) is 4.39 Å². The zero-order valence-electron chi connectivity index (χ0n) is 8.61. The van der Waals surface area contributed by atoms with Crippen molar-refractivity contribution in [3.63, 3.8) is 0 Å². The quantitative estimate of drug-likeness (QED) is 0.804. The van der Waals surface area contributed by atoms with E-state index in [0.29, 0.717) is 12.2 Å². The summed E-state index contributed by atoms with van der Waals surface area (Å²) in [4.78, 5) is 0. The van der Waals surface area contributed by atoms with Crippen LogP contribution in [0.15, 0.2) is 22.6 Å². The molecule has 0 saturated heterocycles. The topological polar surface area (TPSA) is 74.2 Å². The summed E-state index contributed by atoms with van der Waals surface area (Å²) in [6, 6.07) is 3.95. The van der Waals surface area contributed by atoms with Crippen LogP contribution in [0.4, 0.5) is 10.1 Å². The lowest BCUT2D eigenvalue weighted by Gasteiger charge is -1.99. The third kappa shape index (κ3) is 1.95. The number of nitrogen functional groups attached to an aromatic ring is 1. The number of nitrogens with two attached hydrogens (primary N) is 1. The summed E-state index contributed by atoms with van der Waals surface area (Å²) < 4.78 is 23.0. The van der Waals surface area contributed by atoms with Gasteiger partial charge in [-0.05, 0) is 25.1 Å². The first-order valence-electron chi connectivity index (χ1n) is 4.72. The van der Waals surface area contributed by atoms with Crippen LogP contribution in [0.2, 0.25) is 0 Å². The Labute approximate surface area is 91.0 Å². The van der Waals surface area contributed by atoms with Crippen LogP contribution in [-0.2, 0) is 0 Å². The highest BCUT2D eigenvalue weighted by atomic mass is 19.1. The van der Waals surface area contributed by atoms with Crippen molar-refractivity contribution >= 4 is 5.69 Å². The molecule has 6 heteroatoms. The fraction of sp³-hybridized carbons (Fsp3) is 0.200. The molecule has 84 valence electrons. The molecular formula is C10H10FN3O2. The van der Waals surface area contributed by atoms with E-state index in [2.05, 4.69) is 10.2 Å². The Morgan fingerprint density at radius 2 is 2.25 bits per heavy atom. The van der Waals surface area contributed by atoms with Gasteiger partial charge in [0, 0.05) is 5.69 Å². The van der Waals surface area contributed by atoms with E-state index < -0.39 is 5.82 Å². The summed E-state index contributed by atoms with van der Waals surface area (Å²) in [5.74, 6) is -0.202. The van der Waals surface area contributed by atoms with Crippen molar-refractivity contribution in [3.05, 3.63) is 24.0 Å². The van der Waals surface area contributed by atoms with Crippen LogP contribution < -0.4 is 10.5 Å². The monoisotopic (exact) mass is 223 g/mol. The first kappa shape index (κ1) is 10.4. The molecule has 0 spiro atoms. The minimum absolute atomic E-state index is 0.0706. The number of rotatable bonds is 3. The summed E-state index contributed by atoms with van der Waals surface area (Å²) in [6.07, 6.45) is 0.0706. The number of halogens is 1. The van der Waals surface area contributed by atoms with Crippen molar-refractivity contribution in [1.82, 2.24) is 10.2 Å². The Balaban J connectivity index is 2.35. The molecule has 0 atom stereocenters. The molecule has 16 heavy (non-hydrogen) atoms. The minimum atomic E-state index is -0.411. The predicted octanol–water partition coefficient (Wildman–Crippen LogP) is 1.86. The van der Waals surface area contributed by atoms with Gasteiger partial charge >= 0.3 is 6.08 Å². The van der Waals surface area contributed by atoms with Crippen LogP contribution in [0.1, 0.15) is 6.92 Å². The smallest absolute Gasteiger partial charge is 0.414 e. The van der Waals surface area contributed by atoms with Gasteiger partial charge in [0.15, 0.2) is 0 Å². The minimum Gasteiger partial charge on any atom is -0.449 e. The van der Waals surface area contributed by atoms with Crippen LogP contribution in [0.3, 0.4) is 0 Å². The van der Waals surface area contributed by atoms with Gasteiger partial charge in [0.1, 0.15) is 5.82 Å². The number of benzene rings is 1. The molecule has 0 aliphatic carbocycles. The van der Waals surface area contributed by atoms with E-state index >= 15 is 0 Å². The Morgan fingerprint density at radius 1 is 1.44 bits per heavy atom. The van der Waals surface area contributed by atoms with E-state index in [4.69, 9.17) is 14.9 Å². The van der Waals surface area contributed by atoms with Crippen LogP contribution in [-0.4, -0.2) is 16.8 Å². The van der Waals surface area contributed by atoms with E-state index in [0.717, 1.165) is 0 Å². The fourth-order valence-electron chi connectivity index (χ4n) is 1.23. The molecule has 0 unspecified atom stereocenters. The zero-order valence-corrected chi connectivity index (χ0v) is 8.61. The summed E-state index contributed by atoms with van der Waals surface area (Å²) in [5, 5.41) is 7.41. The molecule has 0 bridgehead atoms. The summed E-state index contributed by atoms with van der Waals surface area (Å²) in [6.45, 7) is 2.23. The van der Waals surface area contributed by atoms with Gasteiger partial charge in [0.25, 0.3) is 5.89 Å². The first-order chi connectivity index (χ1) is 7.70. The molecule has 2 rings (SSSR count). The first-order valence-corrected chi connectivity index (χ1v) is 4.72. The van der Waals surface area contributed by atoms with Crippen molar-refractivity contribution in [1.29, 1.82) is 0 Å². The Hall–Kier alpha value is -2.11. The number of ether oxygens (including phenoxy) is 1. The number of anilines is 1. The fourth-order valence-corrected chi connectivity index (χ4v) is 1.23. The van der Waals surface area contributed by atoms with Crippen LogP contribution >= 0.6 is 0 Å². The number of aromatic nitrogens is 2. The third-order valence-electron chi connectivity index (χ3n) is 1.92. The van der Waals surface area contributed by atoms with Gasteiger partial charge in [0.05, 0.1) is 12.2 Å². The van der Waals surface area contributed by atoms with Crippen molar-refractivity contribution < 1.29 is 13.5 Å². The van der Waals surface area contributed by atoms with Gasteiger partial charge < -0.3 is 14.9 Å². The summed E-state index contributed by atoms with van der Waals surface area (Å²) >= 11 is 0. The standard InChI is InChI=1S/C10H10FN3O2/c1-2-15-10-14-13-9(16-10)7-4-3-6(11)5-8(7)12/h3-5H,2,12H2,1H3. The van der Waals surface area contributed by atoms with Gasteiger partial charge in [-0.25, -0.2) is 4.39 Å². The molecule has 0 radical (unpaired) electrons. The summed E-state index contributed by atoms with van der Waals surface area (Å²) in [5.41, 5.74) is 6.36. The highest BCUT2D eigenvalue weighted by molar-refractivity contribution is 5.70. The lowest BCUT2D eigenvalue weighted by atomic mass is 10.2. The Bertz CT molecular complexity index is 499. The van der Waals surface area contributed by atoms with Crippen LogP contribution in [0.25, 0.3) is 11.5 Å². The van der Waals surface area contributed by atoms with Gasteiger partial charge in [-0.2, -0.15) is 0 Å². The van der Waals surface area contributed by atoms with Crippen molar-refractivity contribution in [2.45, 2.75) is 6.92 Å². The van der Waals surface area contributed by atoms with E-state index in [1.54, 1.807) is 6.92 Å². The largest absolute Gasteiger partial charge is 0.449 e. The molecule has 0 amide bonds. The Morgan fingerprint density at radius 3 is 2.94 bits per heavy atom. The number of nitrogens with zero attached hydrogens (tertiary/aromatic N) is 2. The van der Waals surface area contributed by atoms with Crippen molar-refractivity contribution in [3.8, 4) is 17.5 Å². The second-order valence-electron chi connectivity index (χ2n) is 3.04. The highest BCUT2D eigenvalue weighted by Gasteiger charge is 2.12. The molecule has 0 saturated carbocycles. The predicted molar refractivity (Wildman–Crippen MR) is 55.3 cm³/mol. The molecule has 1 aromatic heterocycles. The van der Waals surface area contributed by atoms with Crippen LogP contribution in [0.5, 0.6) is 6.08 Å². The molecule has 1 aromatic carbocycles. The maximum Gasteiger partial charge on any atom is 0.414 e. The maximum atomic E-state index is 12.8. The molecule has 5 nitrogen and oxygen atoms in total. The van der Waals surface area contributed by atoms with Gasteiger partial charge in [-0.3, -0.25) is 0 Å². The second kappa shape index (κ2) is 4.18. The molecule has 0 aliphatic heterocycles. The van der Waals surface area contributed by atoms with Crippen LogP contribution in [0, 0.1) is 5.82 Å². The van der Waals surface area contributed by atoms with E-state index in [1.165, 1.54) is 18.2 Å². The third-order valence-corrected chi connectivity index (χ3v) is 1.92. The van der Waals surface area contributed by atoms with Gasteiger partial charge in [-0.1, -0.05) is 5.10 Å². The van der Waals surface area contributed by atoms with Gasteiger partial charge in [-0.15, -0.1) is 5.10 Å². The number of hydrogen-bond acceptors (Lipinski definition) is 5. The normalized spacial score (nSPS) is 10.4. The van der Waals surface area contributed by atoms with E-state index in [1.807, 2.05) is 0 Å².